The molecule has 106 valence electrons. The molecular formula is C15H12N2O4. The highest BCUT2D eigenvalue weighted by molar-refractivity contribution is 6.08. The minimum absolute atomic E-state index is 0.0412. The molecule has 0 aliphatic rings. The number of carbonyl (C=O) groups excluding carboxylic acids is 1. The zero-order valence-electron chi connectivity index (χ0n) is 11.1. The molecule has 0 spiro atoms. The maximum absolute atomic E-state index is 12.2. The summed E-state index contributed by atoms with van der Waals surface area (Å²) in [5.74, 6) is -1.47. The molecule has 3 aromatic rings. The molecule has 6 heteroatoms. The third kappa shape index (κ3) is 2.27. The van der Waals surface area contributed by atoms with Gasteiger partial charge in [0.2, 0.25) is 0 Å². The van der Waals surface area contributed by atoms with Crippen LogP contribution in [0.15, 0.2) is 40.9 Å². The molecule has 0 unspecified atom stereocenters. The van der Waals surface area contributed by atoms with E-state index in [-0.39, 0.29) is 17.0 Å². The van der Waals surface area contributed by atoms with Gasteiger partial charge in [0.25, 0.3) is 5.91 Å². The van der Waals surface area contributed by atoms with Crippen molar-refractivity contribution in [2.45, 2.75) is 6.92 Å². The number of nitrogens with one attached hydrogen (secondary N) is 2. The van der Waals surface area contributed by atoms with Crippen molar-refractivity contribution < 1.29 is 19.1 Å². The minimum Gasteiger partial charge on any atom is -0.478 e. The Morgan fingerprint density at radius 1 is 1.29 bits per heavy atom. The lowest BCUT2D eigenvalue weighted by molar-refractivity contribution is 0.0697. The maximum atomic E-state index is 12.2. The number of hydrogen-bond donors (Lipinski definition) is 3. The topological polar surface area (TPSA) is 95.3 Å². The van der Waals surface area contributed by atoms with Crippen molar-refractivity contribution in [1.82, 2.24) is 4.98 Å². The fourth-order valence-corrected chi connectivity index (χ4v) is 2.18. The number of hydrogen-bond acceptors (Lipinski definition) is 3. The number of anilines is 1. The molecule has 1 aromatic carbocycles. The lowest BCUT2D eigenvalue weighted by Gasteiger charge is -2.02. The Morgan fingerprint density at radius 2 is 2.05 bits per heavy atom. The molecule has 0 fully saturated rings. The fraction of sp³-hybridized carbons (Fsp3) is 0.0667. The highest BCUT2D eigenvalue weighted by atomic mass is 16.4. The van der Waals surface area contributed by atoms with Crippen molar-refractivity contribution >= 4 is 28.5 Å². The van der Waals surface area contributed by atoms with Crippen molar-refractivity contribution in [1.29, 1.82) is 0 Å². The van der Waals surface area contributed by atoms with Gasteiger partial charge in [-0.1, -0.05) is 18.2 Å². The molecule has 0 saturated heterocycles. The Hall–Kier alpha value is -3.02. The van der Waals surface area contributed by atoms with Gasteiger partial charge in [-0.3, -0.25) is 4.79 Å². The minimum atomic E-state index is -1.10. The zero-order valence-corrected chi connectivity index (χ0v) is 11.1. The summed E-state index contributed by atoms with van der Waals surface area (Å²) in [6.45, 7) is 1.63. The van der Waals surface area contributed by atoms with Crippen molar-refractivity contribution in [2.75, 3.05) is 5.32 Å². The van der Waals surface area contributed by atoms with Gasteiger partial charge in [0, 0.05) is 17.3 Å². The summed E-state index contributed by atoms with van der Waals surface area (Å²) in [6, 6.07) is 8.86. The summed E-state index contributed by atoms with van der Waals surface area (Å²) in [6.07, 6.45) is 1.44. The van der Waals surface area contributed by atoms with E-state index in [4.69, 9.17) is 9.52 Å². The molecule has 6 nitrogen and oxygen atoms in total. The molecular weight excluding hydrogens is 272 g/mol. The van der Waals surface area contributed by atoms with E-state index in [1.807, 2.05) is 18.2 Å². The fourth-order valence-electron chi connectivity index (χ4n) is 2.18. The summed E-state index contributed by atoms with van der Waals surface area (Å²) in [5, 5.41) is 12.5. The second-order valence-corrected chi connectivity index (χ2v) is 4.61. The van der Waals surface area contributed by atoms with Crippen LogP contribution in [0.25, 0.3) is 11.0 Å². The Kier molecular flexibility index (Phi) is 2.98. The highest BCUT2D eigenvalue weighted by Crippen LogP contribution is 2.22. The van der Waals surface area contributed by atoms with E-state index in [9.17, 15) is 9.59 Å². The number of carbonyl (C=O) groups is 2. The molecule has 0 saturated carbocycles. The largest absolute Gasteiger partial charge is 0.478 e. The van der Waals surface area contributed by atoms with Crippen molar-refractivity contribution in [3.63, 3.8) is 0 Å². The average Bonchev–Trinajstić information content (AvgIpc) is 3.02. The first kappa shape index (κ1) is 13.0. The van der Waals surface area contributed by atoms with Crippen LogP contribution in [0.2, 0.25) is 0 Å². The molecule has 3 rings (SSSR count). The van der Waals surface area contributed by atoms with Crippen LogP contribution in [0.4, 0.5) is 5.69 Å². The third-order valence-electron chi connectivity index (χ3n) is 3.19. The lowest BCUT2D eigenvalue weighted by atomic mass is 10.2. The van der Waals surface area contributed by atoms with E-state index in [0.29, 0.717) is 11.3 Å². The molecule has 0 radical (unpaired) electrons. The van der Waals surface area contributed by atoms with Gasteiger partial charge in [-0.15, -0.1) is 0 Å². The number of aryl methyl sites for hydroxylation is 1. The maximum Gasteiger partial charge on any atom is 0.339 e. The van der Waals surface area contributed by atoms with Crippen LogP contribution in [0.5, 0.6) is 0 Å². The molecule has 3 N–H and O–H groups in total. The number of rotatable bonds is 3. The summed E-state index contributed by atoms with van der Waals surface area (Å²) < 4.78 is 5.44. The summed E-state index contributed by atoms with van der Waals surface area (Å²) in [4.78, 5) is 26.1. The van der Waals surface area contributed by atoms with Crippen LogP contribution in [0.3, 0.4) is 0 Å². The van der Waals surface area contributed by atoms with Crippen LogP contribution >= 0.6 is 0 Å². The van der Waals surface area contributed by atoms with E-state index < -0.39 is 11.9 Å². The third-order valence-corrected chi connectivity index (χ3v) is 3.19. The molecule has 21 heavy (non-hydrogen) atoms. The quantitative estimate of drug-likeness (QED) is 0.689. The number of H-pyrrole nitrogens is 1. The molecule has 0 aliphatic carbocycles. The normalized spacial score (nSPS) is 10.7. The number of fused-ring (bicyclic) bond motifs is 1. The van der Waals surface area contributed by atoms with E-state index >= 15 is 0 Å². The van der Waals surface area contributed by atoms with E-state index in [2.05, 4.69) is 10.3 Å². The summed E-state index contributed by atoms with van der Waals surface area (Å²) in [5.41, 5.74) is 1.33. The number of aromatic amines is 1. The second kappa shape index (κ2) is 4.82. The second-order valence-electron chi connectivity index (χ2n) is 4.61. The van der Waals surface area contributed by atoms with Gasteiger partial charge >= 0.3 is 5.97 Å². The van der Waals surface area contributed by atoms with Gasteiger partial charge in [0.1, 0.15) is 11.1 Å². The SMILES string of the molecule is Cc1[nH]cc(NC(=O)c2cc3ccccc3o2)c1C(=O)O. The van der Waals surface area contributed by atoms with Crippen molar-refractivity contribution in [3.05, 3.63) is 53.5 Å². The van der Waals surface area contributed by atoms with Gasteiger partial charge in [-0.25, -0.2) is 4.79 Å². The number of aromatic nitrogens is 1. The Bertz CT molecular complexity index is 811. The number of benzene rings is 1. The number of carboxylic acids is 1. The molecule has 0 bridgehead atoms. The first-order valence-electron chi connectivity index (χ1n) is 6.27. The van der Waals surface area contributed by atoms with Gasteiger partial charge < -0.3 is 19.8 Å². The highest BCUT2D eigenvalue weighted by Gasteiger charge is 2.19. The molecule has 0 atom stereocenters. The Balaban J connectivity index is 1.91. The number of para-hydroxylation sites is 1. The van der Waals surface area contributed by atoms with E-state index in [1.54, 1.807) is 19.1 Å². The number of furan rings is 1. The predicted molar refractivity (Wildman–Crippen MR) is 76.7 cm³/mol. The predicted octanol–water partition coefficient (Wildman–Crippen LogP) is 3.02. The summed E-state index contributed by atoms with van der Waals surface area (Å²) in [7, 11) is 0. The summed E-state index contributed by atoms with van der Waals surface area (Å²) >= 11 is 0. The standard InChI is InChI=1S/C15H12N2O4/c1-8-13(15(19)20)10(7-16-8)17-14(18)12-6-9-4-2-3-5-11(9)21-12/h2-7,16H,1H3,(H,17,18)(H,19,20). The van der Waals surface area contributed by atoms with Crippen molar-refractivity contribution in [3.8, 4) is 0 Å². The average molecular weight is 284 g/mol. The number of carboxylic acid groups (broad SMARTS) is 1. The van der Waals surface area contributed by atoms with Gasteiger partial charge in [0.05, 0.1) is 5.69 Å². The van der Waals surface area contributed by atoms with Crippen LogP contribution in [0, 0.1) is 6.92 Å². The van der Waals surface area contributed by atoms with Gasteiger partial charge in [-0.2, -0.15) is 0 Å². The molecule has 0 aliphatic heterocycles. The van der Waals surface area contributed by atoms with Crippen molar-refractivity contribution in [2.24, 2.45) is 0 Å². The number of aromatic carboxylic acids is 1. The molecule has 2 heterocycles. The zero-order chi connectivity index (χ0) is 15.0. The van der Waals surface area contributed by atoms with Gasteiger partial charge in [-0.05, 0) is 19.1 Å². The smallest absolute Gasteiger partial charge is 0.339 e. The first-order valence-corrected chi connectivity index (χ1v) is 6.27. The Labute approximate surface area is 119 Å². The van der Waals surface area contributed by atoms with Gasteiger partial charge in [0.15, 0.2) is 5.76 Å². The Morgan fingerprint density at radius 3 is 2.76 bits per heavy atom. The van der Waals surface area contributed by atoms with E-state index in [1.165, 1.54) is 6.20 Å². The van der Waals surface area contributed by atoms with Crippen LogP contribution in [-0.4, -0.2) is 22.0 Å². The first-order chi connectivity index (χ1) is 10.1. The monoisotopic (exact) mass is 284 g/mol. The number of amides is 1. The van der Waals surface area contributed by atoms with E-state index in [0.717, 1.165) is 5.39 Å². The van der Waals surface area contributed by atoms with Crippen LogP contribution < -0.4 is 5.32 Å². The molecule has 1 amide bonds. The lowest BCUT2D eigenvalue weighted by Crippen LogP contribution is -2.13. The van der Waals surface area contributed by atoms with Crippen LogP contribution in [-0.2, 0) is 0 Å². The van der Waals surface area contributed by atoms with Crippen LogP contribution in [0.1, 0.15) is 26.6 Å². The molecule has 2 aromatic heterocycles.